The van der Waals surface area contributed by atoms with Crippen molar-refractivity contribution in [1.82, 2.24) is 21.3 Å². The fraction of sp³-hybridized carbons (Fsp3) is 0.556. The van der Waals surface area contributed by atoms with Crippen molar-refractivity contribution in [3.63, 3.8) is 0 Å². The van der Waals surface area contributed by atoms with E-state index in [-0.39, 0.29) is 11.5 Å². The van der Waals surface area contributed by atoms with Gasteiger partial charge in [0.05, 0.1) is 12.8 Å². The molecule has 0 fully saturated rings. The first kappa shape index (κ1) is 34.4. The van der Waals surface area contributed by atoms with Crippen molar-refractivity contribution in [2.75, 3.05) is 24.6 Å². The predicted octanol–water partition coefficient (Wildman–Crippen LogP) is -4.66. The number of carbonyl (C=O) groups excluding carboxylic acids is 4. The largest absolute Gasteiger partial charge is 0.480 e. The number of hydrogen-bond acceptors (Lipinski definition) is 12. The highest BCUT2D eigenvalue weighted by Gasteiger charge is 2.26. The van der Waals surface area contributed by atoms with Crippen molar-refractivity contribution >= 4 is 69.1 Å². The molecule has 0 heterocycles. The average molecular weight is 585 g/mol. The van der Waals surface area contributed by atoms with Crippen molar-refractivity contribution in [2.24, 2.45) is 11.5 Å². The third-order valence-corrected chi connectivity index (χ3v) is 6.55. The molecule has 18 nitrogen and oxygen atoms in total. The van der Waals surface area contributed by atoms with E-state index in [2.05, 4.69) is 21.3 Å². The fourth-order valence-corrected chi connectivity index (χ4v) is 4.58. The minimum absolute atomic E-state index is 0.217. The van der Waals surface area contributed by atoms with Crippen molar-refractivity contribution in [2.45, 2.75) is 37.0 Å². The Balaban J connectivity index is 5.23. The number of carboxylic acid groups (broad SMARTS) is 4. The Morgan fingerprint density at radius 3 is 1.18 bits per heavy atom. The number of nitrogens with two attached hydrogens (primary N) is 2. The first-order chi connectivity index (χ1) is 17.6. The Morgan fingerprint density at radius 1 is 0.605 bits per heavy atom. The Bertz CT molecular complexity index is 848. The number of aliphatic carboxylic acids is 4. The maximum atomic E-state index is 12.3. The lowest BCUT2D eigenvalue weighted by atomic mass is 10.2. The van der Waals surface area contributed by atoms with Crippen LogP contribution in [-0.2, 0) is 38.4 Å². The van der Waals surface area contributed by atoms with Crippen LogP contribution in [0.25, 0.3) is 0 Å². The van der Waals surface area contributed by atoms with Gasteiger partial charge < -0.3 is 53.2 Å². The number of hydrogen-bond donors (Lipinski definition) is 10. The lowest BCUT2D eigenvalue weighted by Crippen LogP contribution is -2.51. The van der Waals surface area contributed by atoms with Gasteiger partial charge in [0.15, 0.2) is 0 Å². The third kappa shape index (κ3) is 15.5. The summed E-state index contributed by atoms with van der Waals surface area (Å²) in [6.45, 7) is -1.54. The second kappa shape index (κ2) is 17.8. The molecule has 0 radical (unpaired) electrons. The number of carbonyl (C=O) groups is 8. The highest BCUT2D eigenvalue weighted by Crippen LogP contribution is 2.23. The maximum Gasteiger partial charge on any atom is 0.322 e. The summed E-state index contributed by atoms with van der Waals surface area (Å²) in [5, 5.41) is 43.6. The van der Waals surface area contributed by atoms with Gasteiger partial charge in [-0.15, -0.1) is 0 Å². The summed E-state index contributed by atoms with van der Waals surface area (Å²) >= 11 is 0. The highest BCUT2D eigenvalue weighted by atomic mass is 33.1. The van der Waals surface area contributed by atoms with E-state index >= 15 is 0 Å². The van der Waals surface area contributed by atoms with Crippen LogP contribution in [0.5, 0.6) is 0 Å². The van der Waals surface area contributed by atoms with E-state index < -0.39 is 97.6 Å². The van der Waals surface area contributed by atoms with Gasteiger partial charge in [0, 0.05) is 11.5 Å². The topological polar surface area (TPSA) is 318 Å². The number of nitrogens with one attached hydrogen (secondary N) is 4. The molecule has 0 bridgehead atoms. The predicted molar refractivity (Wildman–Crippen MR) is 131 cm³/mol. The molecule has 4 amide bonds. The zero-order chi connectivity index (χ0) is 29.4. The molecule has 12 N–H and O–H groups in total. The standard InChI is InChI=1S/C18H28N6O12S2/c19-7(17(33)34)1-11(25)23-9(15(31)21-3-13(27)28)5-37-38-6-10(16(32)22-4-14(29)30)24-12(26)2-8(20)18(35)36/h7-10H,1-6,19-20H2,(H,21,31)(H,22,32)(H,23,25)(H,24,26)(H,27,28)(H,29,30)(H,33,34)(H,35,36)/t7-,8-,9-,10-/m0/s1. The lowest BCUT2D eigenvalue weighted by Gasteiger charge is -2.20. The second-order valence-corrected chi connectivity index (χ2v) is 9.88. The van der Waals surface area contributed by atoms with Crippen LogP contribution >= 0.6 is 21.6 Å². The Labute approximate surface area is 222 Å². The van der Waals surface area contributed by atoms with E-state index in [1.54, 1.807) is 0 Å². The third-order valence-electron chi connectivity index (χ3n) is 4.13. The summed E-state index contributed by atoms with van der Waals surface area (Å²) in [6.07, 6.45) is -1.35. The van der Waals surface area contributed by atoms with Crippen LogP contribution in [-0.4, -0.2) is 117 Å². The molecule has 0 aliphatic heterocycles. The normalized spacial score (nSPS) is 13.6. The van der Waals surface area contributed by atoms with Crippen LogP contribution in [0.15, 0.2) is 0 Å². The van der Waals surface area contributed by atoms with Crippen molar-refractivity contribution in [3.8, 4) is 0 Å². The second-order valence-electron chi connectivity index (χ2n) is 7.33. The summed E-state index contributed by atoms with van der Waals surface area (Å²) in [5.74, 6) is -9.74. The molecular weight excluding hydrogens is 556 g/mol. The van der Waals surface area contributed by atoms with E-state index in [4.69, 9.17) is 31.9 Å². The lowest BCUT2D eigenvalue weighted by molar-refractivity contribution is -0.141. The summed E-state index contributed by atoms with van der Waals surface area (Å²) in [6, 6.07) is -5.80. The molecule has 0 aromatic rings. The van der Waals surface area contributed by atoms with E-state index in [9.17, 15) is 38.4 Å². The molecular formula is C18H28N6O12S2. The first-order valence-electron chi connectivity index (χ1n) is 10.4. The molecule has 38 heavy (non-hydrogen) atoms. The molecule has 0 aliphatic carbocycles. The highest BCUT2D eigenvalue weighted by molar-refractivity contribution is 8.76. The van der Waals surface area contributed by atoms with Gasteiger partial charge in [-0.2, -0.15) is 0 Å². The molecule has 20 heteroatoms. The zero-order valence-corrected chi connectivity index (χ0v) is 21.2. The fourth-order valence-electron chi connectivity index (χ4n) is 2.25. The monoisotopic (exact) mass is 584 g/mol. The SMILES string of the molecule is N[C@@H](CC(=O)N[C@@H](CSSC[C@H](NC(=O)C[C@H](N)C(=O)O)C(=O)NCC(=O)O)C(=O)NCC(=O)O)C(=O)O. The smallest absolute Gasteiger partial charge is 0.322 e. The van der Waals surface area contributed by atoms with Crippen LogP contribution < -0.4 is 32.7 Å². The molecule has 0 aliphatic rings. The molecule has 0 spiro atoms. The van der Waals surface area contributed by atoms with Gasteiger partial charge in [-0.3, -0.25) is 38.4 Å². The van der Waals surface area contributed by atoms with Gasteiger partial charge in [0.1, 0.15) is 37.3 Å². The van der Waals surface area contributed by atoms with Crippen LogP contribution in [0.4, 0.5) is 0 Å². The van der Waals surface area contributed by atoms with Crippen LogP contribution in [0.3, 0.4) is 0 Å². The van der Waals surface area contributed by atoms with E-state index in [1.807, 2.05) is 0 Å². The van der Waals surface area contributed by atoms with Crippen LogP contribution in [0, 0.1) is 0 Å². The van der Waals surface area contributed by atoms with E-state index in [1.165, 1.54) is 0 Å². The molecule has 4 atom stereocenters. The molecule has 0 rings (SSSR count). The van der Waals surface area contributed by atoms with Crippen molar-refractivity contribution in [1.29, 1.82) is 0 Å². The minimum atomic E-state index is -1.55. The van der Waals surface area contributed by atoms with Crippen molar-refractivity contribution < 1.29 is 58.8 Å². The van der Waals surface area contributed by atoms with E-state index in [0.29, 0.717) is 0 Å². The Kier molecular flexibility index (Phi) is 16.1. The first-order valence-corrected chi connectivity index (χ1v) is 12.9. The Morgan fingerprint density at radius 2 is 0.921 bits per heavy atom. The van der Waals surface area contributed by atoms with Gasteiger partial charge in [0.25, 0.3) is 0 Å². The summed E-state index contributed by atoms with van der Waals surface area (Å²) in [5.41, 5.74) is 10.6. The minimum Gasteiger partial charge on any atom is -0.480 e. The molecule has 214 valence electrons. The molecule has 0 saturated carbocycles. The number of amides is 4. The molecule has 0 unspecified atom stereocenters. The van der Waals surface area contributed by atoms with Gasteiger partial charge >= 0.3 is 23.9 Å². The van der Waals surface area contributed by atoms with Gasteiger partial charge in [-0.1, -0.05) is 21.6 Å². The molecule has 0 aromatic carbocycles. The van der Waals surface area contributed by atoms with Gasteiger partial charge in [-0.05, 0) is 0 Å². The van der Waals surface area contributed by atoms with Crippen molar-refractivity contribution in [3.05, 3.63) is 0 Å². The number of rotatable bonds is 19. The van der Waals surface area contributed by atoms with Crippen LogP contribution in [0.2, 0.25) is 0 Å². The summed E-state index contributed by atoms with van der Waals surface area (Å²) in [4.78, 5) is 91.8. The van der Waals surface area contributed by atoms with Gasteiger partial charge in [-0.25, -0.2) is 0 Å². The number of carboxylic acids is 4. The quantitative estimate of drug-likeness (QED) is 0.0503. The summed E-state index contributed by atoms with van der Waals surface area (Å²) in [7, 11) is 1.77. The molecule has 0 aromatic heterocycles. The molecule has 0 saturated heterocycles. The Hall–Kier alpha value is -3.62. The van der Waals surface area contributed by atoms with Crippen LogP contribution in [0.1, 0.15) is 12.8 Å². The maximum absolute atomic E-state index is 12.3. The zero-order valence-electron chi connectivity index (χ0n) is 19.6. The van der Waals surface area contributed by atoms with E-state index in [0.717, 1.165) is 21.6 Å². The summed E-state index contributed by atoms with van der Waals surface area (Å²) < 4.78 is 0. The average Bonchev–Trinajstić information content (AvgIpc) is 2.81. The van der Waals surface area contributed by atoms with Gasteiger partial charge in [0.2, 0.25) is 23.6 Å².